The van der Waals surface area contributed by atoms with Gasteiger partial charge in [-0.1, -0.05) is 78.3 Å². The Kier molecular flexibility index (Phi) is 25.5. The van der Waals surface area contributed by atoms with E-state index in [-0.39, 0.29) is 156 Å². The highest BCUT2D eigenvalue weighted by atomic mass is 16.7. The fourth-order valence-electron chi connectivity index (χ4n) is 13.7. The second kappa shape index (κ2) is 34.2. The molecule has 0 unspecified atom stereocenters. The minimum absolute atomic E-state index is 0.0297. The zero-order chi connectivity index (χ0) is 76.3. The van der Waals surface area contributed by atoms with Crippen molar-refractivity contribution >= 4 is 109 Å². The molecular weight excluding hydrogens is 1360 g/mol. The van der Waals surface area contributed by atoms with Crippen LogP contribution in [-0.2, 0) is 59.1 Å². The van der Waals surface area contributed by atoms with E-state index < -0.39 is 106 Å². The van der Waals surface area contributed by atoms with Crippen molar-refractivity contribution in [1.29, 1.82) is 0 Å². The molecule has 0 spiro atoms. The van der Waals surface area contributed by atoms with Gasteiger partial charge in [0.15, 0.2) is 22.4 Å². The second-order valence-corrected chi connectivity index (χ2v) is 28.0. The maximum atomic E-state index is 15.1. The summed E-state index contributed by atoms with van der Waals surface area (Å²) in [7, 11) is 1.51. The first-order valence-electron chi connectivity index (χ1n) is 35.4. The molecule has 5 aromatic rings. The van der Waals surface area contributed by atoms with Crippen LogP contribution >= 0.6 is 0 Å². The molecule has 1 fully saturated rings. The standard InChI is InChI=1S/C76H94N10O19/c1-40(2)61(81-55(89)20-13-12-14-29-86-56(90)25-26-57(86)91)73(97)80-51(19-16-28-78-74(77)98)72(96)79-49-23-21-48(22-24-49)39-101-75(99)85-32-30-84(31-33-85)50-37-52(88)62-54(38-50)104-69-63(82-62)58-59-65(92)46(8)68-60(58)70(94)76(10,105-68)102-34-27-53(100-11)45(7)67(103-47(9)87)44(6)36-42(4)35-41(3)17-15-18-43(5)71(95)83-64(69)66(59)93/h15,17-18,21-27,34,37-38,40-42,44-45,51,53,61,67,92,94H,12-14,16,19-20,28-33,35-36,39H2,1-11H3,(H,79,96)(H,80,97)(H,81,89)(H,83,95)(H3,77,78,98)/b17-15+,34-27+,43-18-/t41-,42+,44+,45+,51-,53-,61-,67-,76-/m0/s1. The van der Waals surface area contributed by atoms with E-state index in [9.17, 15) is 58.2 Å². The molecule has 9 atom stereocenters. The number of aromatic nitrogens is 1. The number of amides is 9. The molecule has 4 aliphatic rings. The Bertz CT molecular complexity index is 4480. The lowest BCUT2D eigenvalue weighted by molar-refractivity contribution is -0.155. The number of hydrogen-bond acceptors (Lipinski definition) is 21. The molecule has 29 nitrogen and oxygen atoms in total. The van der Waals surface area contributed by atoms with E-state index >= 15 is 4.79 Å². The van der Waals surface area contributed by atoms with Gasteiger partial charge < -0.3 is 80.4 Å². The van der Waals surface area contributed by atoms with Gasteiger partial charge in [-0.2, -0.15) is 0 Å². The highest BCUT2D eigenvalue weighted by Gasteiger charge is 2.44. The molecule has 4 bridgehead atoms. The average molecular weight is 1450 g/mol. The van der Waals surface area contributed by atoms with Crippen LogP contribution in [0, 0.1) is 36.5 Å². The van der Waals surface area contributed by atoms with Crippen LogP contribution in [0.2, 0.25) is 0 Å². The molecule has 1 saturated heterocycles. The molecule has 0 saturated carbocycles. The van der Waals surface area contributed by atoms with E-state index in [1.807, 2.05) is 24.8 Å². The summed E-state index contributed by atoms with van der Waals surface area (Å²) < 4.78 is 36.7. The van der Waals surface area contributed by atoms with Gasteiger partial charge in [0.05, 0.1) is 23.0 Å². The number of unbranched alkanes of at least 4 members (excludes halogenated alkanes) is 2. The van der Waals surface area contributed by atoms with Crippen molar-refractivity contribution in [3.8, 4) is 11.5 Å². The third-order valence-electron chi connectivity index (χ3n) is 19.4. The number of carbonyl (C=O) groups is 9. The van der Waals surface area contributed by atoms with Gasteiger partial charge in [0.1, 0.15) is 47.5 Å². The van der Waals surface area contributed by atoms with E-state index in [4.69, 9.17) is 38.8 Å². The van der Waals surface area contributed by atoms with E-state index in [1.54, 1.807) is 69.3 Å². The number of carbonyl (C=O) groups excluding carboxylic acids is 9. The number of aromatic hydroxyl groups is 1. The number of aliphatic hydroxyl groups is 1. The third kappa shape index (κ3) is 18.6. The van der Waals surface area contributed by atoms with Gasteiger partial charge in [-0.25, -0.2) is 14.6 Å². The van der Waals surface area contributed by atoms with Crippen molar-refractivity contribution in [2.75, 3.05) is 61.9 Å². The Morgan fingerprint density at radius 1 is 0.857 bits per heavy atom. The number of rotatable bonds is 21. The second-order valence-electron chi connectivity index (χ2n) is 28.0. The number of hydrogen-bond donors (Lipinski definition) is 8. The number of methoxy groups -OCH3 is 1. The minimum Gasteiger partial charge on any atom is -0.507 e. The van der Waals surface area contributed by atoms with Crippen molar-refractivity contribution in [2.45, 2.75) is 157 Å². The number of allylic oxidation sites excluding steroid dienone is 3. The highest BCUT2D eigenvalue weighted by molar-refractivity contribution is 6.17. The largest absolute Gasteiger partial charge is 0.507 e. The lowest BCUT2D eigenvalue weighted by atomic mass is 9.82. The van der Waals surface area contributed by atoms with E-state index in [0.717, 1.165) is 11.3 Å². The molecule has 5 heterocycles. The number of phenols is 1. The molecule has 105 heavy (non-hydrogen) atoms. The highest BCUT2D eigenvalue weighted by Crippen LogP contribution is 2.43. The number of nitrogens with one attached hydrogen (secondary N) is 5. The van der Waals surface area contributed by atoms with Crippen LogP contribution in [0.4, 0.5) is 26.7 Å². The first-order chi connectivity index (χ1) is 49.9. The molecule has 1 aromatic heterocycles. The molecule has 0 radical (unpaired) electrons. The van der Waals surface area contributed by atoms with Crippen LogP contribution in [0.5, 0.6) is 11.5 Å². The van der Waals surface area contributed by atoms with Gasteiger partial charge in [0.25, 0.3) is 17.7 Å². The number of aliphatic hydroxyl groups excluding tert-OH is 1. The fourth-order valence-corrected chi connectivity index (χ4v) is 13.7. The van der Waals surface area contributed by atoms with Gasteiger partial charge in [-0.15, -0.1) is 0 Å². The summed E-state index contributed by atoms with van der Waals surface area (Å²) in [5.74, 6) is -7.32. The van der Waals surface area contributed by atoms with E-state index in [1.165, 1.54) is 57.3 Å². The number of esters is 1. The topological polar surface area (TPSA) is 396 Å². The quantitative estimate of drug-likeness (QED) is 0.0115. The van der Waals surface area contributed by atoms with Gasteiger partial charge in [-0.05, 0) is 99.8 Å². The number of fused-ring (bicyclic) bond motifs is 2. The van der Waals surface area contributed by atoms with Crippen LogP contribution < -0.4 is 58.0 Å². The summed E-state index contributed by atoms with van der Waals surface area (Å²) in [6.07, 6.45) is 12.1. The zero-order valence-corrected chi connectivity index (χ0v) is 61.0. The Hall–Kier alpha value is -10.8. The fraction of sp³-hybridized carbons (Fsp3) is 0.474. The Balaban J connectivity index is 0.900. The lowest BCUT2D eigenvalue weighted by Crippen LogP contribution is -2.54. The van der Waals surface area contributed by atoms with Crippen LogP contribution in [0.15, 0.2) is 98.7 Å². The molecule has 4 aromatic carbocycles. The van der Waals surface area contributed by atoms with Crippen molar-refractivity contribution in [3.63, 3.8) is 0 Å². The predicted molar refractivity (Wildman–Crippen MR) is 391 cm³/mol. The van der Waals surface area contributed by atoms with Crippen molar-refractivity contribution in [3.05, 3.63) is 121 Å². The van der Waals surface area contributed by atoms with Gasteiger partial charge in [-0.3, -0.25) is 48.1 Å². The van der Waals surface area contributed by atoms with Gasteiger partial charge in [0, 0.05) is 125 Å². The number of nitrogens with zero attached hydrogens (tertiary/aromatic N) is 4. The van der Waals surface area contributed by atoms with Gasteiger partial charge in [0.2, 0.25) is 28.6 Å². The Labute approximate surface area is 606 Å². The third-order valence-corrected chi connectivity index (χ3v) is 19.4. The van der Waals surface area contributed by atoms with Crippen LogP contribution in [0.1, 0.15) is 125 Å². The summed E-state index contributed by atoms with van der Waals surface area (Å²) in [4.78, 5) is 155. The van der Waals surface area contributed by atoms with E-state index in [0.29, 0.717) is 42.6 Å². The maximum Gasteiger partial charge on any atom is 0.410 e. The Morgan fingerprint density at radius 2 is 1.56 bits per heavy atom. The molecule has 29 heteroatoms. The van der Waals surface area contributed by atoms with Crippen molar-refractivity contribution < 1.29 is 81.5 Å². The number of ether oxygens (including phenoxy) is 5. The molecule has 562 valence electrons. The number of piperazine rings is 1. The minimum atomic E-state index is -2.00. The molecule has 9 rings (SSSR count). The number of nitrogens with two attached hydrogens (primary N) is 1. The monoisotopic (exact) mass is 1450 g/mol. The van der Waals surface area contributed by atoms with Crippen LogP contribution in [-0.4, -0.2) is 155 Å². The van der Waals surface area contributed by atoms with Crippen LogP contribution in [0.3, 0.4) is 0 Å². The van der Waals surface area contributed by atoms with Crippen LogP contribution in [0.25, 0.3) is 38.7 Å². The summed E-state index contributed by atoms with van der Waals surface area (Å²) in [5, 5.41) is 37.3. The lowest BCUT2D eigenvalue weighted by Gasteiger charge is -2.35. The number of imide groups is 1. The summed E-state index contributed by atoms with van der Waals surface area (Å²) >= 11 is 0. The van der Waals surface area contributed by atoms with Crippen molar-refractivity contribution in [1.82, 2.24) is 30.7 Å². The van der Waals surface area contributed by atoms with Crippen molar-refractivity contribution in [2.24, 2.45) is 35.3 Å². The smallest absolute Gasteiger partial charge is 0.410 e. The molecule has 4 aliphatic heterocycles. The number of benzene rings is 4. The normalized spacial score (nSPS) is 22.6. The summed E-state index contributed by atoms with van der Waals surface area (Å²) in [6.45, 7) is 18.4. The predicted octanol–water partition coefficient (Wildman–Crippen LogP) is 7.58. The molecule has 9 N–H and O–H groups in total. The number of anilines is 3. The number of phenolic OH excluding ortho intramolecular Hbond substituents is 1. The summed E-state index contributed by atoms with van der Waals surface area (Å²) in [6, 6.07) is 6.49. The molecular formula is C76H94N10O19. The summed E-state index contributed by atoms with van der Waals surface area (Å²) in [5.41, 5.74) is 4.05. The van der Waals surface area contributed by atoms with E-state index in [2.05, 4.69) is 40.4 Å². The Morgan fingerprint density at radius 3 is 2.23 bits per heavy atom. The molecule has 0 aliphatic carbocycles. The SMILES string of the molecule is CO[C@H]1/C=C/O[C@@]2(C)Oc3c(C)c(O)c4c(=O)c(c5oc6cc(N7CCN(C(=O)OCc8ccc(NC(=O)[C@H](CCCNC(N)=O)NC(=O)[C@@H](NC(=O)CCCCCN9C(=O)C=CC9=O)C(C)C)cc8)CC7)cc(=O)c6nc5c4c3=C2O)NC(=O)/C(C)=C\C=C\[C@H](C)C[C@@H](C)C[C@@H](C)[C@H](OC(C)=O)[C@@H]1C. The maximum absolute atomic E-state index is 15.1. The first kappa shape index (κ1) is 78.3. The van der Waals surface area contributed by atoms with Gasteiger partial charge >= 0.3 is 23.9 Å². The first-order valence-corrected chi connectivity index (χ1v) is 35.4. The molecule has 9 amide bonds. The number of primary amides is 1. The zero-order valence-electron chi connectivity index (χ0n) is 61.0. The number of urea groups is 1. The average Bonchev–Trinajstić information content (AvgIpc) is 1.64.